The number of hydrogen-bond donors (Lipinski definition) is 0. The van der Waals surface area contributed by atoms with E-state index in [4.69, 9.17) is 14.2 Å². The smallest absolute Gasteiger partial charge is 0.348 e. The molecule has 2 fully saturated rings. The molecule has 0 bridgehead atoms. The van der Waals surface area contributed by atoms with Crippen LogP contribution >= 0.6 is 0 Å². The number of benzene rings is 2. The van der Waals surface area contributed by atoms with Crippen LogP contribution in [0.3, 0.4) is 0 Å². The quantitative estimate of drug-likeness (QED) is 0.448. The first-order valence-electron chi connectivity index (χ1n) is 9.59. The summed E-state index contributed by atoms with van der Waals surface area (Å²) < 4.78 is 17.0. The lowest BCUT2D eigenvalue weighted by molar-refractivity contribution is -0.244. The van der Waals surface area contributed by atoms with Crippen LogP contribution < -0.4 is 4.74 Å². The summed E-state index contributed by atoms with van der Waals surface area (Å²) in [5.41, 5.74) is 1.55. The van der Waals surface area contributed by atoms with Crippen molar-refractivity contribution in [1.82, 2.24) is 0 Å². The van der Waals surface area contributed by atoms with Gasteiger partial charge in [-0.2, -0.15) is 0 Å². The second-order valence-corrected chi connectivity index (χ2v) is 7.12. The predicted molar refractivity (Wildman–Crippen MR) is 103 cm³/mol. The van der Waals surface area contributed by atoms with Gasteiger partial charge < -0.3 is 14.2 Å². The van der Waals surface area contributed by atoms with E-state index in [1.165, 1.54) is 6.08 Å². The fourth-order valence-electron chi connectivity index (χ4n) is 3.59. The van der Waals surface area contributed by atoms with Crippen molar-refractivity contribution in [2.45, 2.75) is 44.5 Å². The van der Waals surface area contributed by atoms with Crippen molar-refractivity contribution >= 4 is 18.0 Å². The molecule has 2 aromatic carbocycles. The highest BCUT2D eigenvalue weighted by atomic mass is 16.7. The van der Waals surface area contributed by atoms with Crippen molar-refractivity contribution in [3.8, 4) is 5.75 Å². The zero-order chi connectivity index (χ0) is 19.4. The van der Waals surface area contributed by atoms with Crippen molar-refractivity contribution in [2.75, 3.05) is 0 Å². The summed E-state index contributed by atoms with van der Waals surface area (Å²) >= 11 is 0. The summed E-state index contributed by atoms with van der Waals surface area (Å²) in [6.45, 7) is 0.388. The molecule has 2 aliphatic rings. The zero-order valence-electron chi connectivity index (χ0n) is 15.6. The average molecular weight is 378 g/mol. The SMILES string of the molecule is O=C1OC2(CCCCC2)OC(=O)C1=Cc1ccccc1OCc1ccccc1. The highest BCUT2D eigenvalue weighted by Gasteiger charge is 2.46. The minimum Gasteiger partial charge on any atom is -0.488 e. The summed E-state index contributed by atoms with van der Waals surface area (Å²) in [5, 5.41) is 0. The van der Waals surface area contributed by atoms with Gasteiger partial charge in [0, 0.05) is 18.4 Å². The minimum atomic E-state index is -1.08. The van der Waals surface area contributed by atoms with E-state index in [0.717, 1.165) is 24.8 Å². The van der Waals surface area contributed by atoms with Gasteiger partial charge in [-0.05, 0) is 30.5 Å². The Morgan fingerprint density at radius 2 is 1.50 bits per heavy atom. The Morgan fingerprint density at radius 3 is 2.21 bits per heavy atom. The van der Waals surface area contributed by atoms with Crippen LogP contribution in [0.5, 0.6) is 5.75 Å². The van der Waals surface area contributed by atoms with Crippen molar-refractivity contribution in [3.05, 3.63) is 71.3 Å². The maximum Gasteiger partial charge on any atom is 0.348 e. The standard InChI is InChI=1S/C23H22O5/c24-21-19(22(25)28-23(27-21)13-7-2-8-14-23)15-18-11-5-6-12-20(18)26-16-17-9-3-1-4-10-17/h1,3-6,9-12,15H,2,7-8,13-14,16H2. The predicted octanol–water partition coefficient (Wildman–Crippen LogP) is 4.41. The number of rotatable bonds is 4. The summed E-state index contributed by atoms with van der Waals surface area (Å²) in [5.74, 6) is -1.75. The lowest BCUT2D eigenvalue weighted by Gasteiger charge is -2.38. The van der Waals surface area contributed by atoms with Crippen molar-refractivity contribution in [2.24, 2.45) is 0 Å². The molecule has 28 heavy (non-hydrogen) atoms. The van der Waals surface area contributed by atoms with E-state index in [2.05, 4.69) is 0 Å². The summed E-state index contributed by atoms with van der Waals surface area (Å²) in [7, 11) is 0. The number of para-hydroxylation sites is 1. The van der Waals surface area contributed by atoms with Gasteiger partial charge in [-0.25, -0.2) is 9.59 Å². The molecule has 1 heterocycles. The van der Waals surface area contributed by atoms with E-state index in [9.17, 15) is 9.59 Å². The van der Waals surface area contributed by atoms with Crippen LogP contribution in [0.1, 0.15) is 43.2 Å². The van der Waals surface area contributed by atoms with Crippen LogP contribution in [0.15, 0.2) is 60.2 Å². The summed E-state index contributed by atoms with van der Waals surface area (Å²) in [4.78, 5) is 25.1. The highest BCUT2D eigenvalue weighted by Crippen LogP contribution is 2.37. The van der Waals surface area contributed by atoms with E-state index in [0.29, 0.717) is 30.8 Å². The molecule has 0 atom stereocenters. The van der Waals surface area contributed by atoms with Crippen LogP contribution in [0.4, 0.5) is 0 Å². The Bertz CT molecular complexity index is 872. The molecule has 2 aromatic rings. The van der Waals surface area contributed by atoms with E-state index >= 15 is 0 Å². The molecule has 1 saturated heterocycles. The van der Waals surface area contributed by atoms with E-state index in [1.807, 2.05) is 42.5 Å². The molecule has 144 valence electrons. The molecule has 1 aliphatic carbocycles. The van der Waals surface area contributed by atoms with Gasteiger partial charge in [0.25, 0.3) is 5.79 Å². The first-order valence-corrected chi connectivity index (χ1v) is 9.59. The Balaban J connectivity index is 1.54. The third-order valence-corrected chi connectivity index (χ3v) is 5.07. The number of hydrogen-bond acceptors (Lipinski definition) is 5. The van der Waals surface area contributed by atoms with Gasteiger partial charge in [0.05, 0.1) is 0 Å². The molecule has 1 spiro atoms. The molecule has 4 rings (SSSR count). The van der Waals surface area contributed by atoms with E-state index < -0.39 is 17.7 Å². The highest BCUT2D eigenvalue weighted by molar-refractivity contribution is 6.19. The lowest BCUT2D eigenvalue weighted by atomic mass is 9.93. The molecule has 1 aliphatic heterocycles. The first-order chi connectivity index (χ1) is 13.7. The largest absolute Gasteiger partial charge is 0.488 e. The zero-order valence-corrected chi connectivity index (χ0v) is 15.6. The second kappa shape index (κ2) is 7.89. The summed E-state index contributed by atoms with van der Waals surface area (Å²) in [6, 6.07) is 17.0. The van der Waals surface area contributed by atoms with Crippen LogP contribution in [-0.4, -0.2) is 17.7 Å². The van der Waals surface area contributed by atoms with Gasteiger partial charge in [-0.1, -0.05) is 55.0 Å². The molecule has 5 heteroatoms. The Kier molecular flexibility index (Phi) is 5.15. The lowest BCUT2D eigenvalue weighted by Crippen LogP contribution is -2.47. The minimum absolute atomic E-state index is 0.105. The average Bonchev–Trinajstić information content (AvgIpc) is 2.71. The third kappa shape index (κ3) is 3.93. The Hall–Kier alpha value is -3.08. The van der Waals surface area contributed by atoms with Crippen LogP contribution in [0, 0.1) is 0 Å². The number of esters is 2. The number of carbonyl (C=O) groups is 2. The van der Waals surface area contributed by atoms with Crippen molar-refractivity contribution in [1.29, 1.82) is 0 Å². The Labute approximate surface area is 163 Å². The van der Waals surface area contributed by atoms with Crippen LogP contribution in [0.2, 0.25) is 0 Å². The molecule has 0 unspecified atom stereocenters. The van der Waals surface area contributed by atoms with Gasteiger partial charge in [0.1, 0.15) is 17.9 Å². The fourth-order valence-corrected chi connectivity index (χ4v) is 3.59. The molecule has 0 N–H and O–H groups in total. The van der Waals surface area contributed by atoms with Crippen LogP contribution in [-0.2, 0) is 25.7 Å². The van der Waals surface area contributed by atoms with Crippen molar-refractivity contribution in [3.63, 3.8) is 0 Å². The molecule has 0 amide bonds. The van der Waals surface area contributed by atoms with E-state index in [1.54, 1.807) is 12.1 Å². The van der Waals surface area contributed by atoms with Gasteiger partial charge in [0.2, 0.25) is 0 Å². The number of carbonyl (C=O) groups excluding carboxylic acids is 2. The maximum atomic E-state index is 12.5. The molecular weight excluding hydrogens is 356 g/mol. The maximum absolute atomic E-state index is 12.5. The molecule has 5 nitrogen and oxygen atoms in total. The summed E-state index contributed by atoms with van der Waals surface area (Å²) in [6.07, 6.45) is 5.45. The Morgan fingerprint density at radius 1 is 0.857 bits per heavy atom. The second-order valence-electron chi connectivity index (χ2n) is 7.12. The van der Waals surface area contributed by atoms with Gasteiger partial charge in [0.15, 0.2) is 0 Å². The van der Waals surface area contributed by atoms with Crippen LogP contribution in [0.25, 0.3) is 6.08 Å². The van der Waals surface area contributed by atoms with Gasteiger partial charge in [-0.15, -0.1) is 0 Å². The topological polar surface area (TPSA) is 61.8 Å². The number of ether oxygens (including phenoxy) is 3. The first kappa shape index (κ1) is 18.3. The third-order valence-electron chi connectivity index (χ3n) is 5.07. The van der Waals surface area contributed by atoms with Crippen molar-refractivity contribution < 1.29 is 23.8 Å². The fraction of sp³-hybridized carbons (Fsp3) is 0.304. The van der Waals surface area contributed by atoms with Gasteiger partial charge >= 0.3 is 11.9 Å². The monoisotopic (exact) mass is 378 g/mol. The normalized spacial score (nSPS) is 18.4. The van der Waals surface area contributed by atoms with Gasteiger partial charge in [-0.3, -0.25) is 0 Å². The molecule has 0 radical (unpaired) electrons. The molecular formula is C23H22O5. The van der Waals surface area contributed by atoms with E-state index in [-0.39, 0.29) is 5.57 Å². The molecule has 0 aromatic heterocycles. The molecule has 1 saturated carbocycles.